The van der Waals surface area contributed by atoms with Gasteiger partial charge in [0, 0.05) is 0 Å². The molecule has 3 nitrogen and oxygen atoms in total. The van der Waals surface area contributed by atoms with Gasteiger partial charge in [-0.05, 0) is 61.1 Å². The van der Waals surface area contributed by atoms with E-state index in [9.17, 15) is 5.11 Å². The number of hydrogen-bond donors (Lipinski definition) is 1. The molecule has 0 amide bonds. The van der Waals surface area contributed by atoms with Gasteiger partial charge in [0.05, 0.1) is 25.3 Å². The van der Waals surface area contributed by atoms with Gasteiger partial charge in [0.25, 0.3) is 0 Å². The van der Waals surface area contributed by atoms with Gasteiger partial charge in [-0.1, -0.05) is 18.0 Å². The van der Waals surface area contributed by atoms with Crippen LogP contribution >= 0.6 is 11.6 Å². The van der Waals surface area contributed by atoms with Crippen LogP contribution in [0.1, 0.15) is 43.8 Å². The zero-order valence-corrected chi connectivity index (χ0v) is 13.4. The maximum Gasteiger partial charge on any atom is 0.179 e. The Labute approximate surface area is 131 Å². The van der Waals surface area contributed by atoms with E-state index in [-0.39, 0.29) is 0 Å². The Morgan fingerprint density at radius 3 is 2.62 bits per heavy atom. The van der Waals surface area contributed by atoms with Gasteiger partial charge in [-0.3, -0.25) is 0 Å². The molecule has 0 aliphatic heterocycles. The molecule has 116 valence electrons. The second kappa shape index (κ2) is 6.05. The molecular formula is C17H23ClO3. The summed E-state index contributed by atoms with van der Waals surface area (Å²) in [4.78, 5) is 0. The van der Waals surface area contributed by atoms with E-state index in [1.807, 2.05) is 6.07 Å². The molecule has 2 saturated carbocycles. The van der Waals surface area contributed by atoms with E-state index in [2.05, 4.69) is 0 Å². The van der Waals surface area contributed by atoms with E-state index >= 15 is 0 Å². The van der Waals surface area contributed by atoms with Gasteiger partial charge >= 0.3 is 0 Å². The highest BCUT2D eigenvalue weighted by Gasteiger charge is 2.40. The molecule has 0 heterocycles. The molecule has 2 aliphatic carbocycles. The van der Waals surface area contributed by atoms with Gasteiger partial charge in [-0.2, -0.15) is 0 Å². The Morgan fingerprint density at radius 2 is 2.05 bits per heavy atom. The van der Waals surface area contributed by atoms with Crippen LogP contribution in [0.3, 0.4) is 0 Å². The summed E-state index contributed by atoms with van der Waals surface area (Å²) >= 11 is 6.22. The zero-order valence-electron chi connectivity index (χ0n) is 12.6. The summed E-state index contributed by atoms with van der Waals surface area (Å²) in [5.41, 5.74) is 0.820. The molecular weight excluding hydrogens is 288 g/mol. The smallest absolute Gasteiger partial charge is 0.179 e. The first-order chi connectivity index (χ1) is 10.1. The van der Waals surface area contributed by atoms with Gasteiger partial charge in [-0.25, -0.2) is 0 Å². The Hall–Kier alpha value is -0.930. The molecule has 4 heteroatoms. The number of halogens is 1. The van der Waals surface area contributed by atoms with E-state index in [1.165, 1.54) is 25.7 Å². The maximum atomic E-state index is 10.6. The van der Waals surface area contributed by atoms with Crippen molar-refractivity contribution in [2.24, 2.45) is 17.8 Å². The van der Waals surface area contributed by atoms with Crippen LogP contribution in [0, 0.1) is 17.8 Å². The van der Waals surface area contributed by atoms with E-state index in [0.717, 1.165) is 23.8 Å². The second-order valence-corrected chi connectivity index (χ2v) is 6.83. The lowest BCUT2D eigenvalue weighted by Crippen LogP contribution is -2.14. The van der Waals surface area contributed by atoms with Crippen molar-refractivity contribution < 1.29 is 14.6 Å². The maximum absolute atomic E-state index is 10.6. The third kappa shape index (κ3) is 2.86. The molecule has 0 radical (unpaired) electrons. The van der Waals surface area contributed by atoms with Crippen LogP contribution in [0.2, 0.25) is 5.02 Å². The van der Waals surface area contributed by atoms with Gasteiger partial charge in [0.1, 0.15) is 0 Å². The van der Waals surface area contributed by atoms with Crippen molar-refractivity contribution in [1.29, 1.82) is 0 Å². The minimum atomic E-state index is -0.480. The standard InChI is InChI=1S/C17H23ClO3/c1-20-16-9-13(7-14(18)17(16)21-2)15(19)8-12-6-10-3-4-11(12)5-10/h7,9-12,15,19H,3-6,8H2,1-2H3. The topological polar surface area (TPSA) is 38.7 Å². The van der Waals surface area contributed by atoms with Crippen molar-refractivity contribution in [2.45, 2.75) is 38.2 Å². The molecule has 21 heavy (non-hydrogen) atoms. The van der Waals surface area contributed by atoms with E-state index in [0.29, 0.717) is 22.4 Å². The zero-order chi connectivity index (χ0) is 15.0. The fourth-order valence-electron chi connectivity index (χ4n) is 4.22. The van der Waals surface area contributed by atoms with Crippen LogP contribution in [-0.4, -0.2) is 19.3 Å². The van der Waals surface area contributed by atoms with Crippen molar-refractivity contribution in [3.8, 4) is 11.5 Å². The molecule has 4 atom stereocenters. The Balaban J connectivity index is 1.75. The van der Waals surface area contributed by atoms with Crippen LogP contribution in [0.5, 0.6) is 11.5 Å². The molecule has 1 aromatic carbocycles. The van der Waals surface area contributed by atoms with Crippen molar-refractivity contribution in [1.82, 2.24) is 0 Å². The number of aliphatic hydroxyl groups is 1. The lowest BCUT2D eigenvalue weighted by atomic mass is 9.83. The average molecular weight is 311 g/mol. The molecule has 0 saturated heterocycles. The molecule has 2 aliphatic rings. The van der Waals surface area contributed by atoms with Crippen molar-refractivity contribution in [2.75, 3.05) is 14.2 Å². The number of aliphatic hydroxyl groups excluding tert-OH is 1. The normalized spacial score (nSPS) is 28.7. The Kier molecular flexibility index (Phi) is 4.32. The van der Waals surface area contributed by atoms with E-state index < -0.39 is 6.10 Å². The third-order valence-electron chi connectivity index (χ3n) is 5.25. The highest BCUT2D eigenvalue weighted by Crippen LogP contribution is 2.51. The number of hydrogen-bond acceptors (Lipinski definition) is 3. The minimum absolute atomic E-state index is 0.480. The molecule has 4 unspecified atom stereocenters. The van der Waals surface area contributed by atoms with Crippen LogP contribution in [0.25, 0.3) is 0 Å². The van der Waals surface area contributed by atoms with E-state index in [4.69, 9.17) is 21.1 Å². The number of benzene rings is 1. The van der Waals surface area contributed by atoms with Crippen molar-refractivity contribution in [3.05, 3.63) is 22.7 Å². The fraction of sp³-hybridized carbons (Fsp3) is 0.647. The minimum Gasteiger partial charge on any atom is -0.493 e. The lowest BCUT2D eigenvalue weighted by Gasteiger charge is -2.24. The molecule has 1 N–H and O–H groups in total. The second-order valence-electron chi connectivity index (χ2n) is 6.42. The van der Waals surface area contributed by atoms with Crippen molar-refractivity contribution >= 4 is 11.6 Å². The van der Waals surface area contributed by atoms with Crippen LogP contribution < -0.4 is 9.47 Å². The summed E-state index contributed by atoms with van der Waals surface area (Å²) in [6.07, 6.45) is 5.72. The van der Waals surface area contributed by atoms with Crippen LogP contribution in [0.4, 0.5) is 0 Å². The summed E-state index contributed by atoms with van der Waals surface area (Å²) in [6, 6.07) is 3.63. The van der Waals surface area contributed by atoms with E-state index in [1.54, 1.807) is 20.3 Å². The van der Waals surface area contributed by atoms with Crippen LogP contribution in [-0.2, 0) is 0 Å². The summed E-state index contributed by atoms with van der Waals surface area (Å²) < 4.78 is 10.5. The summed E-state index contributed by atoms with van der Waals surface area (Å²) in [7, 11) is 3.15. The monoisotopic (exact) mass is 310 g/mol. The molecule has 1 aromatic rings. The molecule has 0 aromatic heterocycles. The number of ether oxygens (including phenoxy) is 2. The predicted molar refractivity (Wildman–Crippen MR) is 83.1 cm³/mol. The Morgan fingerprint density at radius 1 is 1.24 bits per heavy atom. The molecule has 2 fully saturated rings. The largest absolute Gasteiger partial charge is 0.493 e. The summed E-state index contributed by atoms with van der Waals surface area (Å²) in [5, 5.41) is 11.0. The molecule has 3 rings (SSSR count). The summed E-state index contributed by atoms with van der Waals surface area (Å²) in [5.74, 6) is 3.48. The van der Waals surface area contributed by atoms with Gasteiger partial charge in [-0.15, -0.1) is 0 Å². The summed E-state index contributed by atoms with van der Waals surface area (Å²) in [6.45, 7) is 0. The number of fused-ring (bicyclic) bond motifs is 2. The first-order valence-corrected chi connectivity index (χ1v) is 8.09. The third-order valence-corrected chi connectivity index (χ3v) is 5.53. The highest BCUT2D eigenvalue weighted by atomic mass is 35.5. The Bertz CT molecular complexity index is 517. The van der Waals surface area contributed by atoms with Gasteiger partial charge in [0.15, 0.2) is 11.5 Å². The van der Waals surface area contributed by atoms with Crippen LogP contribution in [0.15, 0.2) is 12.1 Å². The highest BCUT2D eigenvalue weighted by molar-refractivity contribution is 6.32. The fourth-order valence-corrected chi connectivity index (χ4v) is 4.51. The molecule has 0 spiro atoms. The first kappa shape index (κ1) is 15.0. The van der Waals surface area contributed by atoms with Gasteiger partial charge < -0.3 is 14.6 Å². The number of rotatable bonds is 5. The van der Waals surface area contributed by atoms with Gasteiger partial charge in [0.2, 0.25) is 0 Å². The SMILES string of the molecule is COc1cc(C(O)CC2CC3CCC2C3)cc(Cl)c1OC. The predicted octanol–water partition coefficient (Wildman–Crippen LogP) is 4.22. The first-order valence-electron chi connectivity index (χ1n) is 7.71. The lowest BCUT2D eigenvalue weighted by molar-refractivity contribution is 0.125. The van der Waals surface area contributed by atoms with Crippen molar-refractivity contribution in [3.63, 3.8) is 0 Å². The number of methoxy groups -OCH3 is 2. The molecule has 2 bridgehead atoms. The average Bonchev–Trinajstić information content (AvgIpc) is 3.08. The quantitative estimate of drug-likeness (QED) is 0.885.